The second kappa shape index (κ2) is 8.71. The van der Waals surface area contributed by atoms with Crippen molar-refractivity contribution in [2.75, 3.05) is 0 Å². The van der Waals surface area contributed by atoms with Crippen molar-refractivity contribution in [3.8, 4) is 5.75 Å². The van der Waals surface area contributed by atoms with Gasteiger partial charge in [0.2, 0.25) is 0 Å². The summed E-state index contributed by atoms with van der Waals surface area (Å²) >= 11 is 0. The van der Waals surface area contributed by atoms with Gasteiger partial charge in [-0.15, -0.1) is 0 Å². The molecular formula is C23H19F6O2S+. The average Bonchev–Trinajstić information content (AvgIpc) is 2.69. The standard InChI is InChI=1S/C23H19F6O2S/c1-15-3-9-18(10-4-15)32(19-11-5-16(6-12-19)22(24,25)26)20-13-7-17(8-14-20)31-21(2,30)23(27,28)29/h3-14,30H,1-2H3/q+1. The van der Waals surface area contributed by atoms with Crippen LogP contribution in [0.5, 0.6) is 5.75 Å². The van der Waals surface area contributed by atoms with Gasteiger partial charge in [0.05, 0.1) is 16.5 Å². The van der Waals surface area contributed by atoms with Crippen molar-refractivity contribution in [1.82, 2.24) is 0 Å². The minimum absolute atomic E-state index is 0.198. The van der Waals surface area contributed by atoms with E-state index in [1.165, 1.54) is 36.4 Å². The van der Waals surface area contributed by atoms with Crippen LogP contribution in [0.1, 0.15) is 18.1 Å². The van der Waals surface area contributed by atoms with E-state index in [1.54, 1.807) is 0 Å². The van der Waals surface area contributed by atoms with E-state index >= 15 is 0 Å². The predicted octanol–water partition coefficient (Wildman–Crippen LogP) is 6.76. The molecular weight excluding hydrogens is 454 g/mol. The summed E-state index contributed by atoms with van der Waals surface area (Å²) in [7, 11) is -0.814. The molecule has 0 bridgehead atoms. The summed E-state index contributed by atoms with van der Waals surface area (Å²) in [4.78, 5) is 2.09. The van der Waals surface area contributed by atoms with Crippen molar-refractivity contribution in [2.24, 2.45) is 0 Å². The minimum atomic E-state index is -4.99. The second-order valence-electron chi connectivity index (χ2n) is 7.20. The fourth-order valence-electron chi connectivity index (χ4n) is 2.79. The third kappa shape index (κ3) is 5.39. The highest BCUT2D eigenvalue weighted by molar-refractivity contribution is 7.97. The molecule has 32 heavy (non-hydrogen) atoms. The van der Waals surface area contributed by atoms with Crippen LogP contribution >= 0.6 is 0 Å². The van der Waals surface area contributed by atoms with E-state index in [4.69, 9.17) is 0 Å². The molecule has 9 heteroatoms. The zero-order chi connectivity index (χ0) is 23.7. The van der Waals surface area contributed by atoms with Gasteiger partial charge >= 0.3 is 18.1 Å². The van der Waals surface area contributed by atoms with Crippen LogP contribution in [0.2, 0.25) is 0 Å². The first-order valence-electron chi connectivity index (χ1n) is 9.34. The lowest BCUT2D eigenvalue weighted by Crippen LogP contribution is -2.47. The van der Waals surface area contributed by atoms with Gasteiger partial charge in [0.15, 0.2) is 14.7 Å². The molecule has 3 rings (SSSR count). The van der Waals surface area contributed by atoms with E-state index in [9.17, 15) is 31.4 Å². The summed E-state index contributed by atoms with van der Waals surface area (Å²) in [5, 5.41) is 9.52. The number of aliphatic hydroxyl groups is 1. The van der Waals surface area contributed by atoms with Crippen LogP contribution in [-0.4, -0.2) is 17.1 Å². The lowest BCUT2D eigenvalue weighted by molar-refractivity contribution is -0.326. The van der Waals surface area contributed by atoms with E-state index in [2.05, 4.69) is 4.74 Å². The molecule has 2 unspecified atom stereocenters. The molecule has 0 saturated heterocycles. The van der Waals surface area contributed by atoms with E-state index in [0.29, 0.717) is 16.7 Å². The average molecular weight is 473 g/mol. The number of aryl methyl sites for hydroxylation is 1. The number of halogens is 6. The normalized spacial score (nSPS) is 15.2. The second-order valence-corrected chi connectivity index (χ2v) is 9.22. The van der Waals surface area contributed by atoms with Gasteiger partial charge in [-0.1, -0.05) is 17.7 Å². The van der Waals surface area contributed by atoms with Gasteiger partial charge in [-0.3, -0.25) is 0 Å². The maximum absolute atomic E-state index is 13.0. The molecule has 0 aliphatic heterocycles. The summed E-state index contributed by atoms with van der Waals surface area (Å²) in [5.74, 6) is -3.56. The van der Waals surface area contributed by atoms with E-state index in [0.717, 1.165) is 22.6 Å². The van der Waals surface area contributed by atoms with Crippen LogP contribution in [0.25, 0.3) is 0 Å². The summed E-state index contributed by atoms with van der Waals surface area (Å²) in [5.41, 5.74) is 0.231. The summed E-state index contributed by atoms with van der Waals surface area (Å²) in [6.45, 7) is 2.40. The lowest BCUT2D eigenvalue weighted by Gasteiger charge is -2.26. The molecule has 2 atom stereocenters. The van der Waals surface area contributed by atoms with Crippen molar-refractivity contribution < 1.29 is 36.2 Å². The van der Waals surface area contributed by atoms with Crippen LogP contribution in [-0.2, 0) is 17.1 Å². The number of rotatable bonds is 5. The molecule has 0 aliphatic rings. The van der Waals surface area contributed by atoms with Crippen molar-refractivity contribution in [1.29, 1.82) is 0 Å². The molecule has 0 aliphatic carbocycles. The fourth-order valence-corrected chi connectivity index (χ4v) is 4.83. The smallest absolute Gasteiger partial charge is 0.453 e. The Kier molecular flexibility index (Phi) is 6.53. The Morgan fingerprint density at radius 2 is 1.09 bits per heavy atom. The SMILES string of the molecule is Cc1ccc([S+](c2ccc(OC(C)(O)C(F)(F)F)cc2)c2ccc(C(F)(F)F)cc2)cc1. The fraction of sp³-hybridized carbons (Fsp3) is 0.217. The maximum Gasteiger partial charge on any atom is 0.454 e. The number of ether oxygens (including phenoxy) is 1. The first-order chi connectivity index (χ1) is 14.8. The minimum Gasteiger partial charge on any atom is -0.453 e. The molecule has 3 aromatic rings. The molecule has 0 radical (unpaired) electrons. The van der Waals surface area contributed by atoms with Crippen molar-refractivity contribution in [3.63, 3.8) is 0 Å². The van der Waals surface area contributed by atoms with Gasteiger partial charge in [-0.25, -0.2) is 0 Å². The van der Waals surface area contributed by atoms with Gasteiger partial charge in [0, 0.05) is 6.92 Å². The Balaban J connectivity index is 1.98. The molecule has 0 heterocycles. The number of hydrogen-bond acceptors (Lipinski definition) is 2. The summed E-state index contributed by atoms with van der Waals surface area (Å²) < 4.78 is 82.2. The lowest BCUT2D eigenvalue weighted by atomic mass is 10.2. The third-order valence-electron chi connectivity index (χ3n) is 4.58. The molecule has 3 aromatic carbocycles. The summed E-state index contributed by atoms with van der Waals surface area (Å²) in [6, 6.07) is 17.9. The molecule has 0 spiro atoms. The Morgan fingerprint density at radius 3 is 1.50 bits per heavy atom. The molecule has 0 amide bonds. The highest BCUT2D eigenvalue weighted by Crippen LogP contribution is 2.36. The Morgan fingerprint density at radius 1 is 0.688 bits per heavy atom. The summed E-state index contributed by atoms with van der Waals surface area (Å²) in [6.07, 6.45) is -9.45. The Labute approximate surface area is 183 Å². The van der Waals surface area contributed by atoms with Gasteiger partial charge in [0.1, 0.15) is 5.75 Å². The van der Waals surface area contributed by atoms with Crippen molar-refractivity contribution >= 4 is 10.9 Å². The number of benzene rings is 3. The molecule has 170 valence electrons. The Bertz CT molecular complexity index is 1040. The van der Waals surface area contributed by atoms with Crippen LogP contribution < -0.4 is 4.74 Å². The molecule has 2 nitrogen and oxygen atoms in total. The van der Waals surface area contributed by atoms with Crippen molar-refractivity contribution in [3.05, 3.63) is 83.9 Å². The topological polar surface area (TPSA) is 29.5 Å². The molecule has 0 fully saturated rings. The van der Waals surface area contributed by atoms with Crippen LogP contribution in [0.3, 0.4) is 0 Å². The van der Waals surface area contributed by atoms with Gasteiger partial charge in [-0.05, 0) is 67.6 Å². The predicted molar refractivity (Wildman–Crippen MR) is 109 cm³/mol. The maximum atomic E-state index is 13.0. The van der Waals surface area contributed by atoms with E-state index in [1.807, 2.05) is 31.2 Å². The first kappa shape index (κ1) is 24.0. The highest BCUT2D eigenvalue weighted by atomic mass is 32.2. The van der Waals surface area contributed by atoms with Crippen LogP contribution in [0.4, 0.5) is 26.3 Å². The Hall–Kier alpha value is -2.65. The van der Waals surface area contributed by atoms with Crippen LogP contribution in [0.15, 0.2) is 87.5 Å². The largest absolute Gasteiger partial charge is 0.454 e. The first-order valence-corrected chi connectivity index (χ1v) is 10.6. The molecule has 1 N–H and O–H groups in total. The zero-order valence-electron chi connectivity index (χ0n) is 17.0. The number of alkyl halides is 6. The van der Waals surface area contributed by atoms with Gasteiger partial charge in [0.25, 0.3) is 0 Å². The molecule has 0 saturated carbocycles. The third-order valence-corrected chi connectivity index (χ3v) is 6.81. The monoisotopic (exact) mass is 473 g/mol. The van der Waals surface area contributed by atoms with E-state index < -0.39 is 34.6 Å². The molecule has 0 aromatic heterocycles. The van der Waals surface area contributed by atoms with Crippen molar-refractivity contribution in [2.45, 2.75) is 46.7 Å². The number of hydrogen-bond donors (Lipinski definition) is 1. The van der Waals surface area contributed by atoms with E-state index in [-0.39, 0.29) is 5.75 Å². The van der Waals surface area contributed by atoms with Crippen LogP contribution in [0, 0.1) is 6.92 Å². The van der Waals surface area contributed by atoms with Gasteiger partial charge in [-0.2, -0.15) is 26.3 Å². The van der Waals surface area contributed by atoms with Gasteiger partial charge < -0.3 is 9.84 Å². The zero-order valence-corrected chi connectivity index (χ0v) is 17.8. The highest BCUT2D eigenvalue weighted by Gasteiger charge is 2.53. The quantitative estimate of drug-likeness (QED) is 0.252.